The highest BCUT2D eigenvalue weighted by atomic mass is 16.5. The second-order valence-electron chi connectivity index (χ2n) is 4.66. The van der Waals surface area contributed by atoms with Crippen molar-refractivity contribution in [1.29, 1.82) is 0 Å². The lowest BCUT2D eigenvalue weighted by molar-refractivity contribution is -0.146. The van der Waals surface area contributed by atoms with Crippen LogP contribution in [0.4, 0.5) is 0 Å². The van der Waals surface area contributed by atoms with Gasteiger partial charge in [0, 0.05) is 19.4 Å². The molecule has 5 nitrogen and oxygen atoms in total. The van der Waals surface area contributed by atoms with Gasteiger partial charge in [0.1, 0.15) is 0 Å². The van der Waals surface area contributed by atoms with Gasteiger partial charge in [0.05, 0.1) is 18.8 Å². The highest BCUT2D eigenvalue weighted by Crippen LogP contribution is 2.20. The molecule has 0 radical (unpaired) electrons. The van der Waals surface area contributed by atoms with E-state index in [0.29, 0.717) is 32.6 Å². The Bertz CT molecular complexity index is 275. The van der Waals surface area contributed by atoms with Crippen molar-refractivity contribution >= 4 is 11.9 Å². The van der Waals surface area contributed by atoms with Gasteiger partial charge in [-0.15, -0.1) is 0 Å². The van der Waals surface area contributed by atoms with Crippen molar-refractivity contribution in [1.82, 2.24) is 4.90 Å². The van der Waals surface area contributed by atoms with Crippen LogP contribution in [0.15, 0.2) is 0 Å². The first-order chi connectivity index (χ1) is 7.43. The van der Waals surface area contributed by atoms with Crippen molar-refractivity contribution in [3.8, 4) is 0 Å². The molecule has 0 aliphatic carbocycles. The number of hydrogen-bond donors (Lipinski definition) is 1. The molecule has 1 amide bonds. The predicted octanol–water partition coefficient (Wildman–Crippen LogP) is 0.879. The number of rotatable bonds is 4. The Labute approximate surface area is 95.4 Å². The quantitative estimate of drug-likeness (QED) is 0.777. The molecule has 0 bridgehead atoms. The Kier molecular flexibility index (Phi) is 4.29. The third kappa shape index (κ3) is 3.48. The molecule has 1 N–H and O–H groups in total. The van der Waals surface area contributed by atoms with Crippen LogP contribution in [-0.2, 0) is 14.3 Å². The zero-order chi connectivity index (χ0) is 12.2. The molecule has 0 spiro atoms. The molecule has 1 fully saturated rings. The van der Waals surface area contributed by atoms with Crippen molar-refractivity contribution < 1.29 is 19.4 Å². The van der Waals surface area contributed by atoms with Gasteiger partial charge < -0.3 is 14.7 Å². The Morgan fingerprint density at radius 3 is 2.62 bits per heavy atom. The Balaban J connectivity index is 2.42. The van der Waals surface area contributed by atoms with Gasteiger partial charge in [0.15, 0.2) is 0 Å². The van der Waals surface area contributed by atoms with Crippen molar-refractivity contribution in [2.75, 3.05) is 19.8 Å². The molecular weight excluding hydrogens is 210 g/mol. The molecule has 1 saturated heterocycles. The SMILES string of the molecule is CC1(C)COCCN1C(=O)CCCC(=O)O. The minimum Gasteiger partial charge on any atom is -0.481 e. The van der Waals surface area contributed by atoms with Crippen LogP contribution < -0.4 is 0 Å². The standard InChI is InChI=1S/C11H19NO4/c1-11(2)8-16-7-6-12(11)9(13)4-3-5-10(14)15/h3-8H2,1-2H3,(H,14,15). The second kappa shape index (κ2) is 5.30. The minimum atomic E-state index is -0.853. The van der Waals surface area contributed by atoms with E-state index in [-0.39, 0.29) is 17.9 Å². The maximum absolute atomic E-state index is 11.9. The molecule has 0 unspecified atom stereocenters. The molecule has 1 aliphatic heterocycles. The minimum absolute atomic E-state index is 0.0227. The molecule has 0 atom stereocenters. The van der Waals surface area contributed by atoms with Crippen LogP contribution in [0, 0.1) is 0 Å². The molecule has 1 heterocycles. The molecule has 1 aliphatic rings. The van der Waals surface area contributed by atoms with E-state index in [4.69, 9.17) is 9.84 Å². The Morgan fingerprint density at radius 1 is 1.38 bits per heavy atom. The van der Waals surface area contributed by atoms with E-state index in [0.717, 1.165) is 0 Å². The molecule has 92 valence electrons. The predicted molar refractivity (Wildman–Crippen MR) is 58.1 cm³/mol. The van der Waals surface area contributed by atoms with Crippen LogP contribution in [0.3, 0.4) is 0 Å². The molecule has 0 aromatic carbocycles. The Hall–Kier alpha value is -1.10. The first-order valence-electron chi connectivity index (χ1n) is 5.53. The Morgan fingerprint density at radius 2 is 2.06 bits per heavy atom. The zero-order valence-corrected chi connectivity index (χ0v) is 9.86. The highest BCUT2D eigenvalue weighted by Gasteiger charge is 2.33. The maximum Gasteiger partial charge on any atom is 0.303 e. The highest BCUT2D eigenvalue weighted by molar-refractivity contribution is 5.77. The lowest BCUT2D eigenvalue weighted by Gasteiger charge is -2.42. The molecule has 5 heteroatoms. The largest absolute Gasteiger partial charge is 0.481 e. The molecule has 16 heavy (non-hydrogen) atoms. The number of ether oxygens (including phenoxy) is 1. The lowest BCUT2D eigenvalue weighted by Crippen LogP contribution is -2.55. The van der Waals surface area contributed by atoms with Gasteiger partial charge in [-0.3, -0.25) is 9.59 Å². The van der Waals surface area contributed by atoms with Crippen LogP contribution in [-0.4, -0.2) is 47.2 Å². The normalized spacial score (nSPS) is 19.5. The van der Waals surface area contributed by atoms with Gasteiger partial charge >= 0.3 is 5.97 Å². The number of aliphatic carboxylic acids is 1. The number of carbonyl (C=O) groups is 2. The summed E-state index contributed by atoms with van der Waals surface area (Å²) in [5, 5.41) is 8.49. The van der Waals surface area contributed by atoms with E-state index in [1.54, 1.807) is 4.90 Å². The van der Waals surface area contributed by atoms with Gasteiger partial charge in [-0.2, -0.15) is 0 Å². The summed E-state index contributed by atoms with van der Waals surface area (Å²) in [7, 11) is 0. The number of morpholine rings is 1. The van der Waals surface area contributed by atoms with Gasteiger partial charge in [-0.25, -0.2) is 0 Å². The fourth-order valence-corrected chi connectivity index (χ4v) is 1.85. The third-order valence-corrected chi connectivity index (χ3v) is 2.73. The molecule has 0 aromatic heterocycles. The fraction of sp³-hybridized carbons (Fsp3) is 0.818. The summed E-state index contributed by atoms with van der Waals surface area (Å²) in [6.07, 6.45) is 0.758. The topological polar surface area (TPSA) is 66.8 Å². The van der Waals surface area contributed by atoms with Gasteiger partial charge in [0.2, 0.25) is 5.91 Å². The lowest BCUT2D eigenvalue weighted by atomic mass is 10.0. The van der Waals surface area contributed by atoms with E-state index in [1.807, 2.05) is 13.8 Å². The number of carbonyl (C=O) groups excluding carboxylic acids is 1. The monoisotopic (exact) mass is 229 g/mol. The maximum atomic E-state index is 11.9. The van der Waals surface area contributed by atoms with E-state index in [2.05, 4.69) is 0 Å². The van der Waals surface area contributed by atoms with Gasteiger partial charge in [-0.05, 0) is 20.3 Å². The first-order valence-corrected chi connectivity index (χ1v) is 5.53. The number of amides is 1. The van der Waals surface area contributed by atoms with Crippen molar-refractivity contribution in [3.05, 3.63) is 0 Å². The van der Waals surface area contributed by atoms with Crippen molar-refractivity contribution in [3.63, 3.8) is 0 Å². The molecule has 0 aromatic rings. The summed E-state index contributed by atoms with van der Waals surface area (Å²) in [5.74, 6) is -0.830. The second-order valence-corrected chi connectivity index (χ2v) is 4.66. The average Bonchev–Trinajstić information content (AvgIpc) is 2.16. The number of carboxylic acids is 1. The molecule has 0 saturated carbocycles. The van der Waals surface area contributed by atoms with E-state index in [1.165, 1.54) is 0 Å². The van der Waals surface area contributed by atoms with Crippen LogP contribution >= 0.6 is 0 Å². The zero-order valence-electron chi connectivity index (χ0n) is 9.86. The third-order valence-electron chi connectivity index (χ3n) is 2.73. The first kappa shape index (κ1) is 13.0. The molecular formula is C11H19NO4. The molecule has 1 rings (SSSR count). The number of carboxylic acid groups (broad SMARTS) is 1. The van der Waals surface area contributed by atoms with Crippen LogP contribution in [0.1, 0.15) is 33.1 Å². The van der Waals surface area contributed by atoms with Gasteiger partial charge in [0.25, 0.3) is 0 Å². The summed E-state index contributed by atoms with van der Waals surface area (Å²) in [5.41, 5.74) is -0.279. The van der Waals surface area contributed by atoms with Crippen LogP contribution in [0.2, 0.25) is 0 Å². The van der Waals surface area contributed by atoms with E-state index >= 15 is 0 Å². The van der Waals surface area contributed by atoms with Crippen molar-refractivity contribution in [2.24, 2.45) is 0 Å². The van der Waals surface area contributed by atoms with E-state index < -0.39 is 5.97 Å². The summed E-state index contributed by atoms with van der Waals surface area (Å²) >= 11 is 0. The van der Waals surface area contributed by atoms with E-state index in [9.17, 15) is 9.59 Å². The summed E-state index contributed by atoms with van der Waals surface area (Å²) in [6.45, 7) is 5.62. The summed E-state index contributed by atoms with van der Waals surface area (Å²) in [6, 6.07) is 0. The van der Waals surface area contributed by atoms with Crippen LogP contribution in [0.25, 0.3) is 0 Å². The van der Waals surface area contributed by atoms with Gasteiger partial charge in [-0.1, -0.05) is 0 Å². The smallest absolute Gasteiger partial charge is 0.303 e. The summed E-state index contributed by atoms with van der Waals surface area (Å²) in [4.78, 5) is 24.0. The number of hydrogen-bond acceptors (Lipinski definition) is 3. The fourth-order valence-electron chi connectivity index (χ4n) is 1.85. The number of nitrogens with zero attached hydrogens (tertiary/aromatic N) is 1. The average molecular weight is 229 g/mol. The van der Waals surface area contributed by atoms with Crippen molar-refractivity contribution in [2.45, 2.75) is 38.6 Å². The van der Waals surface area contributed by atoms with Crippen LogP contribution in [0.5, 0.6) is 0 Å². The summed E-state index contributed by atoms with van der Waals surface area (Å²) < 4.78 is 5.32.